The van der Waals surface area contributed by atoms with Gasteiger partial charge in [0.05, 0.1) is 11.3 Å². The van der Waals surface area contributed by atoms with Gasteiger partial charge in [0.25, 0.3) is 0 Å². The summed E-state index contributed by atoms with van der Waals surface area (Å²) in [6.45, 7) is 8.89. The molecule has 5 rings (SSSR count). The van der Waals surface area contributed by atoms with Crippen molar-refractivity contribution in [2.45, 2.75) is 51.3 Å². The number of amides is 1. The van der Waals surface area contributed by atoms with E-state index in [-0.39, 0.29) is 23.7 Å². The van der Waals surface area contributed by atoms with Gasteiger partial charge in [0.2, 0.25) is 0 Å². The molecule has 0 unspecified atom stereocenters. The summed E-state index contributed by atoms with van der Waals surface area (Å²) in [6, 6.07) is 17.5. The maximum atomic E-state index is 12.3. The Balaban J connectivity index is 1.17. The zero-order valence-electron chi connectivity index (χ0n) is 23.3. The molecule has 0 bridgehead atoms. The molecule has 3 aromatic rings. The van der Waals surface area contributed by atoms with Crippen LogP contribution >= 0.6 is 0 Å². The number of piperidine rings is 1. The first-order valence-electron chi connectivity index (χ1n) is 13.7. The topological polar surface area (TPSA) is 130 Å². The number of aromatic nitrogens is 2. The van der Waals surface area contributed by atoms with Gasteiger partial charge in [-0.2, -0.15) is 0 Å². The average Bonchev–Trinajstić information content (AvgIpc) is 2.89. The second-order valence-corrected chi connectivity index (χ2v) is 11.3. The number of benzene rings is 2. The number of hydrogen-bond donors (Lipinski definition) is 3. The van der Waals surface area contributed by atoms with Crippen molar-refractivity contribution < 1.29 is 14.3 Å². The van der Waals surface area contributed by atoms with Crippen molar-refractivity contribution in [1.82, 2.24) is 19.8 Å². The molecule has 3 heterocycles. The number of nitrogens with one attached hydrogen (secondary N) is 2. The second kappa shape index (κ2) is 11.5. The number of carbonyl (C=O) groups excluding carboxylic acids is 1. The summed E-state index contributed by atoms with van der Waals surface area (Å²) in [5.41, 5.74) is 7.21. The van der Waals surface area contributed by atoms with Gasteiger partial charge < -0.3 is 25.4 Å². The van der Waals surface area contributed by atoms with Crippen LogP contribution in [-0.4, -0.2) is 75.4 Å². The van der Waals surface area contributed by atoms with E-state index in [9.17, 15) is 4.79 Å². The minimum absolute atomic E-state index is 0.195. The largest absolute Gasteiger partial charge is 0.457 e. The number of nitrogens with zero attached hydrogens (tertiary/aromatic N) is 4. The van der Waals surface area contributed by atoms with Gasteiger partial charge in [-0.1, -0.05) is 18.2 Å². The molecule has 10 heteroatoms. The average molecular weight is 544 g/mol. The third-order valence-corrected chi connectivity index (χ3v) is 7.15. The molecular weight excluding hydrogens is 506 g/mol. The molecule has 0 spiro atoms. The molecule has 4 N–H and O–H groups in total. The number of anilines is 2. The van der Waals surface area contributed by atoms with Crippen molar-refractivity contribution in [1.29, 1.82) is 5.41 Å². The van der Waals surface area contributed by atoms with Gasteiger partial charge in [-0.15, -0.1) is 0 Å². The molecule has 1 amide bonds. The summed E-state index contributed by atoms with van der Waals surface area (Å²) in [5.74, 6) is 2.27. The van der Waals surface area contributed by atoms with Crippen molar-refractivity contribution in [2.24, 2.45) is 0 Å². The van der Waals surface area contributed by atoms with E-state index in [1.165, 1.54) is 6.33 Å². The molecule has 0 aliphatic carbocycles. The molecule has 10 nitrogen and oxygen atoms in total. The van der Waals surface area contributed by atoms with Gasteiger partial charge in [0.15, 0.2) is 0 Å². The predicted octanol–water partition coefficient (Wildman–Crippen LogP) is 4.76. The molecule has 0 saturated carbocycles. The number of rotatable bonds is 7. The van der Waals surface area contributed by atoms with Crippen molar-refractivity contribution in [3.8, 4) is 11.5 Å². The Hall–Kier alpha value is -4.18. The quantitative estimate of drug-likeness (QED) is 0.364. The van der Waals surface area contributed by atoms with Crippen LogP contribution in [0, 0.1) is 5.41 Å². The first-order valence-corrected chi connectivity index (χ1v) is 13.7. The monoisotopic (exact) mass is 543 g/mol. The van der Waals surface area contributed by atoms with Gasteiger partial charge >= 0.3 is 6.09 Å². The van der Waals surface area contributed by atoms with Crippen molar-refractivity contribution in [2.75, 3.05) is 37.2 Å². The van der Waals surface area contributed by atoms with E-state index in [4.69, 9.17) is 20.6 Å². The first-order chi connectivity index (χ1) is 19.2. The van der Waals surface area contributed by atoms with Gasteiger partial charge in [-0.05, 0) is 70.0 Å². The lowest BCUT2D eigenvalue weighted by Gasteiger charge is -2.47. The fourth-order valence-electron chi connectivity index (χ4n) is 4.98. The maximum Gasteiger partial charge on any atom is 0.410 e. The second-order valence-electron chi connectivity index (χ2n) is 11.3. The van der Waals surface area contributed by atoms with Crippen LogP contribution in [0.2, 0.25) is 0 Å². The van der Waals surface area contributed by atoms with Crippen molar-refractivity contribution >= 4 is 23.4 Å². The SMILES string of the molecule is CC(C)(C)OC(=O)N1CC(N2CCC(Nc3ncnc(N)c3C(=N)c3ccc(Oc4ccccc4)cc3)CC2)C1. The van der Waals surface area contributed by atoms with E-state index in [0.717, 1.165) is 31.7 Å². The van der Waals surface area contributed by atoms with E-state index in [2.05, 4.69) is 20.2 Å². The van der Waals surface area contributed by atoms with Crippen LogP contribution in [-0.2, 0) is 4.74 Å². The molecule has 2 aliphatic heterocycles. The van der Waals surface area contributed by atoms with Crippen LogP contribution in [0.15, 0.2) is 60.9 Å². The number of nitrogens with two attached hydrogens (primary N) is 1. The smallest absolute Gasteiger partial charge is 0.410 e. The highest BCUT2D eigenvalue weighted by atomic mass is 16.6. The van der Waals surface area contributed by atoms with Crippen LogP contribution in [0.4, 0.5) is 16.4 Å². The van der Waals surface area contributed by atoms with Gasteiger partial charge in [-0.25, -0.2) is 14.8 Å². The fraction of sp³-hybridized carbons (Fsp3) is 0.400. The molecule has 0 atom stereocenters. The summed E-state index contributed by atoms with van der Waals surface area (Å²) in [5, 5.41) is 12.4. The molecule has 2 saturated heterocycles. The molecule has 2 aromatic carbocycles. The predicted molar refractivity (Wildman–Crippen MR) is 155 cm³/mol. The van der Waals surface area contributed by atoms with E-state index in [1.807, 2.05) is 75.4 Å². The molecule has 40 heavy (non-hydrogen) atoms. The van der Waals surface area contributed by atoms with Crippen molar-refractivity contribution in [3.05, 3.63) is 72.1 Å². The summed E-state index contributed by atoms with van der Waals surface area (Å²) in [6.07, 6.45) is 3.03. The fourth-order valence-corrected chi connectivity index (χ4v) is 4.98. The van der Waals surface area contributed by atoms with Crippen LogP contribution in [0.25, 0.3) is 0 Å². The Morgan fingerprint density at radius 1 is 1.00 bits per heavy atom. The number of ether oxygens (including phenoxy) is 2. The Kier molecular flexibility index (Phi) is 7.88. The van der Waals surface area contributed by atoms with E-state index in [1.54, 1.807) is 4.90 Å². The summed E-state index contributed by atoms with van der Waals surface area (Å²) in [4.78, 5) is 25.1. The zero-order chi connectivity index (χ0) is 28.3. The summed E-state index contributed by atoms with van der Waals surface area (Å²) < 4.78 is 11.4. The molecule has 1 aromatic heterocycles. The van der Waals surface area contributed by atoms with Gasteiger partial charge in [0.1, 0.15) is 35.1 Å². The van der Waals surface area contributed by atoms with Crippen LogP contribution in [0.5, 0.6) is 11.5 Å². The maximum absolute atomic E-state index is 12.3. The molecular formula is C30H37N7O3. The van der Waals surface area contributed by atoms with Crippen LogP contribution < -0.4 is 15.8 Å². The van der Waals surface area contributed by atoms with E-state index in [0.29, 0.717) is 41.8 Å². The lowest BCUT2D eigenvalue weighted by molar-refractivity contribution is -0.0191. The minimum atomic E-state index is -0.480. The number of para-hydroxylation sites is 1. The third kappa shape index (κ3) is 6.51. The zero-order valence-corrected chi connectivity index (χ0v) is 23.3. The molecule has 210 valence electrons. The Bertz CT molecular complexity index is 1330. The Labute approximate surface area is 235 Å². The minimum Gasteiger partial charge on any atom is -0.457 e. The highest BCUT2D eigenvalue weighted by Gasteiger charge is 2.38. The number of likely N-dealkylation sites (tertiary alicyclic amines) is 2. The van der Waals surface area contributed by atoms with E-state index >= 15 is 0 Å². The Morgan fingerprint density at radius 3 is 2.30 bits per heavy atom. The third-order valence-electron chi connectivity index (χ3n) is 7.15. The number of hydrogen-bond acceptors (Lipinski definition) is 9. The standard InChI is InChI=1S/C30H37N7O3/c1-30(2,3)40-29(38)37-17-22(18-37)36-15-13-21(14-16-36)35-28-25(27(32)33-19-34-28)26(31)20-9-11-24(12-10-20)39-23-7-5-4-6-8-23/h4-12,19,21-22,31H,13-18H2,1-3H3,(H3,32,33,34,35). The Morgan fingerprint density at radius 2 is 1.65 bits per heavy atom. The van der Waals surface area contributed by atoms with E-state index < -0.39 is 5.60 Å². The van der Waals surface area contributed by atoms with Gasteiger partial charge in [0, 0.05) is 43.8 Å². The lowest BCUT2D eigenvalue weighted by atomic mass is 9.99. The summed E-state index contributed by atoms with van der Waals surface area (Å²) in [7, 11) is 0. The molecule has 2 fully saturated rings. The highest BCUT2D eigenvalue weighted by molar-refractivity contribution is 6.16. The molecule has 2 aliphatic rings. The number of nitrogen functional groups attached to an aromatic ring is 1. The normalized spacial score (nSPS) is 16.7. The summed E-state index contributed by atoms with van der Waals surface area (Å²) >= 11 is 0. The number of carbonyl (C=O) groups is 1. The highest BCUT2D eigenvalue weighted by Crippen LogP contribution is 2.28. The van der Waals surface area contributed by atoms with Crippen LogP contribution in [0.3, 0.4) is 0 Å². The van der Waals surface area contributed by atoms with Crippen molar-refractivity contribution in [3.63, 3.8) is 0 Å². The molecule has 0 radical (unpaired) electrons. The first kappa shape index (κ1) is 27.4. The lowest BCUT2D eigenvalue weighted by Crippen LogP contribution is -2.63. The van der Waals surface area contributed by atoms with Gasteiger partial charge in [-0.3, -0.25) is 10.3 Å². The van der Waals surface area contributed by atoms with Crippen LogP contribution in [0.1, 0.15) is 44.7 Å².